The first-order valence-electron chi connectivity index (χ1n) is 9.43. The zero-order valence-corrected chi connectivity index (χ0v) is 16.6. The Morgan fingerprint density at radius 3 is 2.36 bits per heavy atom. The van der Waals surface area contributed by atoms with Crippen LogP contribution in [0.25, 0.3) is 0 Å². The molecule has 2 atom stereocenters. The van der Waals surface area contributed by atoms with Crippen molar-refractivity contribution in [1.29, 1.82) is 0 Å². The van der Waals surface area contributed by atoms with Gasteiger partial charge in [-0.1, -0.05) is 23.6 Å². The molecule has 2 aromatic rings. The highest BCUT2D eigenvalue weighted by molar-refractivity contribution is 8.00. The maximum Gasteiger partial charge on any atom is 0.254 e. The molecule has 0 aromatic heterocycles. The number of rotatable bonds is 4. The van der Waals surface area contributed by atoms with Gasteiger partial charge in [0.2, 0.25) is 5.91 Å². The van der Waals surface area contributed by atoms with Crippen LogP contribution < -0.4 is 0 Å². The fraction of sp³-hybridized carbons (Fsp3) is 0.304. The van der Waals surface area contributed by atoms with Gasteiger partial charge >= 0.3 is 0 Å². The van der Waals surface area contributed by atoms with Crippen molar-refractivity contribution in [3.05, 3.63) is 65.2 Å². The lowest BCUT2D eigenvalue weighted by molar-refractivity contribution is -0.130. The second-order valence-corrected chi connectivity index (χ2v) is 8.33. The summed E-state index contributed by atoms with van der Waals surface area (Å²) in [6, 6.07) is 15.7. The molecule has 28 heavy (non-hydrogen) atoms. The van der Waals surface area contributed by atoms with Crippen LogP contribution in [-0.2, 0) is 4.79 Å². The van der Waals surface area contributed by atoms with Crippen molar-refractivity contribution in [1.82, 2.24) is 9.80 Å². The number of amides is 2. The number of piperazine rings is 1. The molecule has 0 N–H and O–H groups in total. The SMILES string of the molecule is C#Cc1ccc(C(=O)N2CCN(C(=O)CSc3ccc(C)cc3)C3CC32)cc1. The maximum atomic E-state index is 12.8. The summed E-state index contributed by atoms with van der Waals surface area (Å²) in [7, 11) is 0. The Morgan fingerprint density at radius 2 is 1.68 bits per heavy atom. The van der Waals surface area contributed by atoms with Crippen LogP contribution in [0.5, 0.6) is 0 Å². The van der Waals surface area contributed by atoms with Crippen molar-refractivity contribution in [2.75, 3.05) is 18.8 Å². The molecule has 2 amide bonds. The molecule has 0 spiro atoms. The van der Waals surface area contributed by atoms with Crippen molar-refractivity contribution >= 4 is 23.6 Å². The van der Waals surface area contributed by atoms with E-state index in [1.54, 1.807) is 36.0 Å². The molecule has 4 nitrogen and oxygen atoms in total. The molecule has 0 radical (unpaired) electrons. The van der Waals surface area contributed by atoms with Crippen molar-refractivity contribution in [3.63, 3.8) is 0 Å². The summed E-state index contributed by atoms with van der Waals surface area (Å²) in [6.07, 6.45) is 6.25. The standard InChI is InChI=1S/C23H22N2O2S/c1-3-17-6-8-18(9-7-17)23(27)25-13-12-24(20-14-21(20)25)22(26)15-28-19-10-4-16(2)5-11-19/h1,4-11,20-21H,12-15H2,2H3. The number of carbonyl (C=O) groups is 2. The van der Waals surface area contributed by atoms with Crippen LogP contribution in [0.3, 0.4) is 0 Å². The van der Waals surface area contributed by atoms with E-state index in [9.17, 15) is 9.59 Å². The second-order valence-electron chi connectivity index (χ2n) is 7.28. The molecule has 1 aliphatic carbocycles. The summed E-state index contributed by atoms with van der Waals surface area (Å²) < 4.78 is 0. The summed E-state index contributed by atoms with van der Waals surface area (Å²) in [5.74, 6) is 3.18. The minimum Gasteiger partial charge on any atom is -0.335 e. The molecule has 4 rings (SSSR count). The van der Waals surface area contributed by atoms with E-state index in [2.05, 4.69) is 37.1 Å². The van der Waals surface area contributed by atoms with Gasteiger partial charge in [-0.2, -0.15) is 0 Å². The number of terminal acetylenes is 1. The Hall–Kier alpha value is -2.71. The zero-order chi connectivity index (χ0) is 19.7. The van der Waals surface area contributed by atoms with Gasteiger partial charge in [-0.05, 0) is 49.7 Å². The quantitative estimate of drug-likeness (QED) is 0.595. The van der Waals surface area contributed by atoms with Gasteiger partial charge in [0.15, 0.2) is 0 Å². The summed E-state index contributed by atoms with van der Waals surface area (Å²) >= 11 is 1.57. The van der Waals surface area contributed by atoms with Gasteiger partial charge in [-0.15, -0.1) is 18.2 Å². The van der Waals surface area contributed by atoms with E-state index in [1.165, 1.54) is 5.56 Å². The largest absolute Gasteiger partial charge is 0.335 e. The van der Waals surface area contributed by atoms with E-state index in [1.807, 2.05) is 9.80 Å². The van der Waals surface area contributed by atoms with E-state index in [0.29, 0.717) is 24.4 Å². The molecule has 1 heterocycles. The summed E-state index contributed by atoms with van der Waals surface area (Å²) in [6.45, 7) is 3.23. The van der Waals surface area contributed by atoms with Crippen LogP contribution in [0.1, 0.15) is 27.9 Å². The molecule has 1 saturated heterocycles. The Morgan fingerprint density at radius 1 is 1.04 bits per heavy atom. The van der Waals surface area contributed by atoms with Crippen LogP contribution in [0.4, 0.5) is 0 Å². The first-order valence-corrected chi connectivity index (χ1v) is 10.4. The molecule has 1 saturated carbocycles. The van der Waals surface area contributed by atoms with Gasteiger partial charge < -0.3 is 9.80 Å². The second kappa shape index (κ2) is 7.73. The number of thioether (sulfide) groups is 1. The van der Waals surface area contributed by atoms with E-state index < -0.39 is 0 Å². The molecule has 1 aliphatic heterocycles. The highest BCUT2D eigenvalue weighted by Crippen LogP contribution is 2.38. The lowest BCUT2D eigenvalue weighted by Crippen LogP contribution is -2.51. The van der Waals surface area contributed by atoms with Gasteiger partial charge in [0, 0.05) is 29.1 Å². The summed E-state index contributed by atoms with van der Waals surface area (Å²) in [5.41, 5.74) is 2.63. The minimum absolute atomic E-state index is 0.0252. The van der Waals surface area contributed by atoms with Crippen LogP contribution in [0, 0.1) is 19.3 Å². The lowest BCUT2D eigenvalue weighted by atomic mass is 10.1. The van der Waals surface area contributed by atoms with Crippen LogP contribution >= 0.6 is 11.8 Å². The average Bonchev–Trinajstić information content (AvgIpc) is 3.53. The van der Waals surface area contributed by atoms with Crippen molar-refractivity contribution in [2.24, 2.45) is 0 Å². The molecular formula is C23H22N2O2S. The van der Waals surface area contributed by atoms with Crippen LogP contribution in [0.2, 0.25) is 0 Å². The molecule has 0 bridgehead atoms. The Balaban J connectivity index is 1.33. The van der Waals surface area contributed by atoms with E-state index in [0.717, 1.165) is 16.9 Å². The first-order chi connectivity index (χ1) is 13.6. The lowest BCUT2D eigenvalue weighted by Gasteiger charge is -2.34. The van der Waals surface area contributed by atoms with Crippen molar-refractivity contribution in [3.8, 4) is 12.3 Å². The fourth-order valence-electron chi connectivity index (χ4n) is 3.69. The van der Waals surface area contributed by atoms with Gasteiger partial charge in [0.1, 0.15) is 0 Å². The zero-order valence-electron chi connectivity index (χ0n) is 15.8. The molecule has 2 aromatic carbocycles. The number of benzene rings is 2. The van der Waals surface area contributed by atoms with Crippen molar-refractivity contribution < 1.29 is 9.59 Å². The number of carbonyl (C=O) groups excluding carboxylic acids is 2. The van der Waals surface area contributed by atoms with Gasteiger partial charge in [0.05, 0.1) is 17.8 Å². The smallest absolute Gasteiger partial charge is 0.254 e. The molecule has 5 heteroatoms. The molecule has 142 valence electrons. The first kappa shape index (κ1) is 18.6. The average molecular weight is 391 g/mol. The molecular weight excluding hydrogens is 368 g/mol. The predicted molar refractivity (Wildman–Crippen MR) is 111 cm³/mol. The molecule has 2 aliphatic rings. The maximum absolute atomic E-state index is 12.8. The fourth-order valence-corrected chi connectivity index (χ4v) is 4.47. The number of nitrogens with zero attached hydrogens (tertiary/aromatic N) is 2. The summed E-state index contributed by atoms with van der Waals surface area (Å²) in [4.78, 5) is 30.5. The van der Waals surface area contributed by atoms with Crippen LogP contribution in [0.15, 0.2) is 53.4 Å². The number of hydrogen-bond donors (Lipinski definition) is 0. The third-order valence-electron chi connectivity index (χ3n) is 5.37. The Labute approximate surface area is 169 Å². The van der Waals surface area contributed by atoms with Crippen molar-refractivity contribution in [2.45, 2.75) is 30.3 Å². The highest BCUT2D eigenvalue weighted by Gasteiger charge is 2.52. The normalized spacial score (nSPS) is 20.3. The monoisotopic (exact) mass is 390 g/mol. The van der Waals surface area contributed by atoms with Gasteiger partial charge in [0.25, 0.3) is 5.91 Å². The van der Waals surface area contributed by atoms with Crippen LogP contribution in [-0.4, -0.2) is 52.5 Å². The minimum atomic E-state index is 0.0252. The number of hydrogen-bond acceptors (Lipinski definition) is 3. The number of aryl methyl sites for hydroxylation is 1. The van der Waals surface area contributed by atoms with E-state index >= 15 is 0 Å². The third kappa shape index (κ3) is 3.79. The summed E-state index contributed by atoms with van der Waals surface area (Å²) in [5, 5.41) is 0. The highest BCUT2D eigenvalue weighted by atomic mass is 32.2. The predicted octanol–water partition coefficient (Wildman–Crippen LogP) is 3.19. The topological polar surface area (TPSA) is 40.6 Å². The molecule has 2 unspecified atom stereocenters. The van der Waals surface area contributed by atoms with Gasteiger partial charge in [-0.3, -0.25) is 9.59 Å². The Bertz CT molecular complexity index is 931. The third-order valence-corrected chi connectivity index (χ3v) is 6.37. The molecule has 2 fully saturated rings. The van der Waals surface area contributed by atoms with Gasteiger partial charge in [-0.25, -0.2) is 0 Å². The van der Waals surface area contributed by atoms with E-state index in [-0.39, 0.29) is 23.9 Å². The Kier molecular flexibility index (Phi) is 5.15. The van der Waals surface area contributed by atoms with E-state index in [4.69, 9.17) is 6.42 Å². The number of fused-ring (bicyclic) bond motifs is 1.